The Bertz CT molecular complexity index is 417. The highest BCUT2D eigenvalue weighted by Crippen LogP contribution is 2.38. The minimum Gasteiger partial charge on any atom is -0.317 e. The molecule has 0 aromatic carbocycles. The summed E-state index contributed by atoms with van der Waals surface area (Å²) in [5.41, 5.74) is 5.13. The fraction of sp³-hybridized carbons (Fsp3) is 0.500. The third-order valence-corrected chi connectivity index (χ3v) is 3.00. The minimum absolute atomic E-state index is 0.232. The number of nitrogens with zero attached hydrogens (tertiary/aromatic N) is 2. The van der Waals surface area contributed by atoms with Gasteiger partial charge in [0.2, 0.25) is 5.91 Å². The molecule has 0 spiro atoms. The quantitative estimate of drug-likeness (QED) is 0.778. The zero-order valence-corrected chi connectivity index (χ0v) is 9.66. The van der Waals surface area contributed by atoms with Crippen LogP contribution < -0.4 is 11.1 Å². The molecule has 2 rings (SSSR count). The largest absolute Gasteiger partial charge is 0.317 e. The maximum absolute atomic E-state index is 11.9. The van der Waals surface area contributed by atoms with Gasteiger partial charge in [-0.2, -0.15) is 0 Å². The molecule has 1 heterocycles. The second-order valence-electron chi connectivity index (χ2n) is 4.24. The van der Waals surface area contributed by atoms with Crippen molar-refractivity contribution < 1.29 is 4.79 Å². The molecule has 6 heteroatoms. The van der Waals surface area contributed by atoms with Crippen LogP contribution in [0.4, 0.5) is 5.82 Å². The van der Waals surface area contributed by atoms with Crippen LogP contribution in [-0.4, -0.2) is 21.4 Å². The minimum atomic E-state index is -0.836. The molecule has 1 aliphatic carbocycles. The van der Waals surface area contributed by atoms with Crippen molar-refractivity contribution in [2.24, 2.45) is 11.7 Å². The van der Waals surface area contributed by atoms with Crippen LogP contribution in [-0.2, 0) is 4.79 Å². The number of hydrogen-bond acceptors (Lipinski definition) is 4. The molecule has 0 bridgehead atoms. The SMILES string of the molecule is CC(N)(C(=O)Nc1cc(Cl)ncn1)C1CC1. The first-order chi connectivity index (χ1) is 7.50. The maximum Gasteiger partial charge on any atom is 0.245 e. The average Bonchev–Trinajstić information content (AvgIpc) is 3.00. The fourth-order valence-electron chi connectivity index (χ4n) is 1.52. The normalized spacial score (nSPS) is 18.9. The van der Waals surface area contributed by atoms with Gasteiger partial charge in [-0.3, -0.25) is 4.79 Å². The topological polar surface area (TPSA) is 80.9 Å². The van der Waals surface area contributed by atoms with Crippen molar-refractivity contribution in [3.63, 3.8) is 0 Å². The smallest absolute Gasteiger partial charge is 0.245 e. The van der Waals surface area contributed by atoms with Gasteiger partial charge in [0.05, 0.1) is 5.54 Å². The van der Waals surface area contributed by atoms with Crippen LogP contribution in [0.2, 0.25) is 5.15 Å². The lowest BCUT2D eigenvalue weighted by Gasteiger charge is -2.22. The molecule has 1 aliphatic rings. The average molecular weight is 241 g/mol. The molecule has 0 aliphatic heterocycles. The molecule has 1 aromatic rings. The van der Waals surface area contributed by atoms with Crippen LogP contribution in [0.3, 0.4) is 0 Å². The Morgan fingerprint density at radius 1 is 1.62 bits per heavy atom. The zero-order valence-electron chi connectivity index (χ0n) is 8.90. The number of halogens is 1. The summed E-state index contributed by atoms with van der Waals surface area (Å²) in [7, 11) is 0. The highest BCUT2D eigenvalue weighted by molar-refractivity contribution is 6.29. The molecule has 0 saturated heterocycles. The first kappa shape index (κ1) is 11.3. The van der Waals surface area contributed by atoms with E-state index in [0.717, 1.165) is 12.8 Å². The summed E-state index contributed by atoms with van der Waals surface area (Å²) < 4.78 is 0. The van der Waals surface area contributed by atoms with Crippen molar-refractivity contribution in [1.29, 1.82) is 0 Å². The number of rotatable bonds is 3. The number of nitrogens with one attached hydrogen (secondary N) is 1. The highest BCUT2D eigenvalue weighted by Gasteiger charge is 2.44. The Labute approximate surface area is 98.4 Å². The Balaban J connectivity index is 2.07. The second-order valence-corrected chi connectivity index (χ2v) is 4.62. The number of hydrogen-bond donors (Lipinski definition) is 2. The summed E-state index contributed by atoms with van der Waals surface area (Å²) in [4.78, 5) is 19.5. The molecule has 5 nitrogen and oxygen atoms in total. The summed E-state index contributed by atoms with van der Waals surface area (Å²) in [5, 5.41) is 2.93. The molecule has 1 amide bonds. The Hall–Kier alpha value is -1.20. The summed E-state index contributed by atoms with van der Waals surface area (Å²) in [6, 6.07) is 1.49. The van der Waals surface area contributed by atoms with Crippen molar-refractivity contribution in [1.82, 2.24) is 9.97 Å². The summed E-state index contributed by atoms with van der Waals surface area (Å²) in [6.07, 6.45) is 3.30. The lowest BCUT2D eigenvalue weighted by Crippen LogP contribution is -2.50. The molecular weight excluding hydrogens is 228 g/mol. The molecule has 3 N–H and O–H groups in total. The predicted octanol–water partition coefficient (Wildman–Crippen LogP) is 1.20. The molecule has 1 fully saturated rings. The Kier molecular flexibility index (Phi) is 2.82. The molecule has 1 aromatic heterocycles. The molecule has 1 atom stereocenters. The fourth-order valence-corrected chi connectivity index (χ4v) is 1.67. The van der Waals surface area contributed by atoms with E-state index in [9.17, 15) is 4.79 Å². The van der Waals surface area contributed by atoms with Crippen LogP contribution in [0.1, 0.15) is 19.8 Å². The summed E-state index contributed by atoms with van der Waals surface area (Å²) >= 11 is 5.68. The lowest BCUT2D eigenvalue weighted by molar-refractivity contribution is -0.121. The lowest BCUT2D eigenvalue weighted by atomic mass is 9.96. The van der Waals surface area contributed by atoms with Gasteiger partial charge >= 0.3 is 0 Å². The van der Waals surface area contributed by atoms with E-state index in [0.29, 0.717) is 5.82 Å². The van der Waals surface area contributed by atoms with Gasteiger partial charge in [0, 0.05) is 6.07 Å². The van der Waals surface area contributed by atoms with Gasteiger partial charge in [0.1, 0.15) is 17.3 Å². The van der Waals surface area contributed by atoms with Crippen molar-refractivity contribution in [3.8, 4) is 0 Å². The van der Waals surface area contributed by atoms with E-state index in [1.807, 2.05) is 0 Å². The van der Waals surface area contributed by atoms with E-state index in [-0.39, 0.29) is 17.0 Å². The van der Waals surface area contributed by atoms with E-state index >= 15 is 0 Å². The Morgan fingerprint density at radius 3 is 2.88 bits per heavy atom. The monoisotopic (exact) mass is 240 g/mol. The van der Waals surface area contributed by atoms with Crippen LogP contribution in [0, 0.1) is 5.92 Å². The zero-order chi connectivity index (χ0) is 11.8. The molecule has 16 heavy (non-hydrogen) atoms. The molecule has 0 radical (unpaired) electrons. The van der Waals surface area contributed by atoms with Gasteiger partial charge in [-0.1, -0.05) is 11.6 Å². The van der Waals surface area contributed by atoms with Gasteiger partial charge in [0.25, 0.3) is 0 Å². The van der Waals surface area contributed by atoms with Gasteiger partial charge in [-0.15, -0.1) is 0 Å². The van der Waals surface area contributed by atoms with E-state index < -0.39 is 5.54 Å². The first-order valence-electron chi connectivity index (χ1n) is 5.08. The van der Waals surface area contributed by atoms with E-state index in [1.54, 1.807) is 6.92 Å². The second kappa shape index (κ2) is 3.99. The predicted molar refractivity (Wildman–Crippen MR) is 61.0 cm³/mol. The standard InChI is InChI=1S/C10H13ClN4O/c1-10(12,6-2-3-6)9(16)15-8-4-7(11)13-5-14-8/h4-6H,2-3,12H2,1H3,(H,13,14,15,16). The number of carbonyl (C=O) groups is 1. The molecular formula is C10H13ClN4O. The molecule has 86 valence electrons. The number of amides is 1. The number of anilines is 1. The van der Waals surface area contributed by atoms with E-state index in [2.05, 4.69) is 15.3 Å². The van der Waals surface area contributed by atoms with Crippen LogP contribution in [0.15, 0.2) is 12.4 Å². The highest BCUT2D eigenvalue weighted by atomic mass is 35.5. The third kappa shape index (κ3) is 2.31. The van der Waals surface area contributed by atoms with Crippen LogP contribution in [0.5, 0.6) is 0 Å². The third-order valence-electron chi connectivity index (χ3n) is 2.79. The maximum atomic E-state index is 11.9. The molecule has 1 saturated carbocycles. The summed E-state index contributed by atoms with van der Waals surface area (Å²) in [6.45, 7) is 1.74. The van der Waals surface area contributed by atoms with Crippen LogP contribution >= 0.6 is 11.6 Å². The van der Waals surface area contributed by atoms with Crippen molar-refractivity contribution in [3.05, 3.63) is 17.5 Å². The van der Waals surface area contributed by atoms with Gasteiger partial charge < -0.3 is 11.1 Å². The number of carbonyl (C=O) groups excluding carboxylic acids is 1. The molecule has 1 unspecified atom stereocenters. The van der Waals surface area contributed by atoms with Gasteiger partial charge in [-0.05, 0) is 25.7 Å². The van der Waals surface area contributed by atoms with Crippen molar-refractivity contribution in [2.75, 3.05) is 5.32 Å². The first-order valence-corrected chi connectivity index (χ1v) is 5.46. The van der Waals surface area contributed by atoms with E-state index in [1.165, 1.54) is 12.4 Å². The van der Waals surface area contributed by atoms with Crippen LogP contribution in [0.25, 0.3) is 0 Å². The number of aromatic nitrogens is 2. The Morgan fingerprint density at radius 2 is 2.31 bits per heavy atom. The van der Waals surface area contributed by atoms with Gasteiger partial charge in [0.15, 0.2) is 0 Å². The van der Waals surface area contributed by atoms with E-state index in [4.69, 9.17) is 17.3 Å². The number of nitrogens with two attached hydrogens (primary N) is 1. The van der Waals surface area contributed by atoms with Crippen molar-refractivity contribution in [2.45, 2.75) is 25.3 Å². The van der Waals surface area contributed by atoms with Gasteiger partial charge in [-0.25, -0.2) is 9.97 Å². The van der Waals surface area contributed by atoms with Crippen molar-refractivity contribution >= 4 is 23.3 Å². The summed E-state index contributed by atoms with van der Waals surface area (Å²) in [5.74, 6) is 0.414.